The molecule has 0 aliphatic heterocycles. The molecule has 0 aliphatic carbocycles. The SMILES string of the molecule is Cc1nn(-c2ccccc2)c(C)c1CN(C)C(=O)c1ccccc1SCc1cn2ccccc2n1. The first-order chi connectivity index (χ1) is 17.0. The molecule has 1 amide bonds. The molecule has 5 rings (SSSR count). The smallest absolute Gasteiger partial charge is 0.255 e. The van der Waals surface area contributed by atoms with Crippen molar-refractivity contribution in [1.29, 1.82) is 0 Å². The Morgan fingerprint density at radius 1 is 0.971 bits per heavy atom. The minimum Gasteiger partial charge on any atom is -0.337 e. The Morgan fingerprint density at radius 2 is 1.71 bits per heavy atom. The normalized spacial score (nSPS) is 11.2. The summed E-state index contributed by atoms with van der Waals surface area (Å²) in [6, 6.07) is 23.8. The number of pyridine rings is 1. The number of benzene rings is 2. The Labute approximate surface area is 209 Å². The third-order valence-corrected chi connectivity index (χ3v) is 7.20. The van der Waals surface area contributed by atoms with Gasteiger partial charge in [0.1, 0.15) is 5.65 Å². The molecule has 0 spiro atoms. The lowest BCUT2D eigenvalue weighted by atomic mass is 10.1. The number of carbonyl (C=O) groups excluding carboxylic acids is 1. The van der Waals surface area contributed by atoms with Crippen LogP contribution in [-0.2, 0) is 12.3 Å². The molecule has 5 aromatic rings. The summed E-state index contributed by atoms with van der Waals surface area (Å²) in [4.78, 5) is 20.9. The van der Waals surface area contributed by atoms with Crippen LogP contribution in [0.3, 0.4) is 0 Å². The van der Waals surface area contributed by atoms with Gasteiger partial charge in [0.15, 0.2) is 0 Å². The fourth-order valence-electron chi connectivity index (χ4n) is 4.22. The van der Waals surface area contributed by atoms with Gasteiger partial charge in [-0.1, -0.05) is 36.4 Å². The molecule has 0 atom stereocenters. The molecule has 0 saturated carbocycles. The van der Waals surface area contributed by atoms with E-state index in [4.69, 9.17) is 5.10 Å². The van der Waals surface area contributed by atoms with E-state index in [9.17, 15) is 4.79 Å². The van der Waals surface area contributed by atoms with E-state index >= 15 is 0 Å². The summed E-state index contributed by atoms with van der Waals surface area (Å²) in [7, 11) is 1.85. The average Bonchev–Trinajstić information content (AvgIpc) is 3.43. The summed E-state index contributed by atoms with van der Waals surface area (Å²) >= 11 is 1.64. The van der Waals surface area contributed by atoms with Gasteiger partial charge in [-0.25, -0.2) is 9.67 Å². The Bertz CT molecular complexity index is 1460. The summed E-state index contributed by atoms with van der Waals surface area (Å²) in [5.41, 5.74) is 6.67. The topological polar surface area (TPSA) is 55.4 Å². The van der Waals surface area contributed by atoms with Crippen LogP contribution in [0.1, 0.15) is 33.0 Å². The summed E-state index contributed by atoms with van der Waals surface area (Å²) in [6.07, 6.45) is 4.03. The van der Waals surface area contributed by atoms with Crippen molar-refractivity contribution in [2.75, 3.05) is 7.05 Å². The van der Waals surface area contributed by atoms with E-state index in [0.29, 0.717) is 17.9 Å². The van der Waals surface area contributed by atoms with E-state index in [0.717, 1.165) is 38.9 Å². The number of thioether (sulfide) groups is 1. The largest absolute Gasteiger partial charge is 0.337 e. The number of para-hydroxylation sites is 1. The predicted octanol–water partition coefficient (Wildman–Crippen LogP) is 5.70. The van der Waals surface area contributed by atoms with E-state index in [1.165, 1.54) is 0 Å². The molecule has 0 bridgehead atoms. The Hall–Kier alpha value is -3.84. The van der Waals surface area contributed by atoms with Crippen molar-refractivity contribution in [3.63, 3.8) is 0 Å². The maximum Gasteiger partial charge on any atom is 0.255 e. The highest BCUT2D eigenvalue weighted by Gasteiger charge is 2.20. The lowest BCUT2D eigenvalue weighted by molar-refractivity contribution is 0.0781. The van der Waals surface area contributed by atoms with Gasteiger partial charge in [-0.3, -0.25) is 4.79 Å². The number of carbonyl (C=O) groups is 1. The molecule has 35 heavy (non-hydrogen) atoms. The van der Waals surface area contributed by atoms with E-state index in [2.05, 4.69) is 11.9 Å². The first-order valence-corrected chi connectivity index (χ1v) is 12.5. The van der Waals surface area contributed by atoms with Crippen LogP contribution in [-0.4, -0.2) is 37.0 Å². The quantitative estimate of drug-likeness (QED) is 0.280. The minimum atomic E-state index is -0.00522. The van der Waals surface area contributed by atoms with E-state index in [1.807, 2.05) is 108 Å². The van der Waals surface area contributed by atoms with Crippen molar-refractivity contribution in [2.45, 2.75) is 31.0 Å². The second kappa shape index (κ2) is 9.80. The van der Waals surface area contributed by atoms with Crippen molar-refractivity contribution >= 4 is 23.3 Å². The van der Waals surface area contributed by atoms with Crippen LogP contribution in [0.5, 0.6) is 0 Å². The lowest BCUT2D eigenvalue weighted by Crippen LogP contribution is -2.27. The van der Waals surface area contributed by atoms with Crippen molar-refractivity contribution in [3.05, 3.63) is 113 Å². The van der Waals surface area contributed by atoms with Crippen molar-refractivity contribution < 1.29 is 4.79 Å². The molecule has 0 N–H and O–H groups in total. The molecule has 6 nitrogen and oxygen atoms in total. The molecule has 0 fully saturated rings. The number of rotatable bonds is 7. The molecule has 0 saturated heterocycles. The van der Waals surface area contributed by atoms with Crippen LogP contribution in [0.2, 0.25) is 0 Å². The van der Waals surface area contributed by atoms with Crippen LogP contribution in [0.4, 0.5) is 0 Å². The summed E-state index contributed by atoms with van der Waals surface area (Å²) in [6.45, 7) is 4.55. The predicted molar refractivity (Wildman–Crippen MR) is 140 cm³/mol. The molecule has 7 heteroatoms. The number of amides is 1. The maximum atomic E-state index is 13.5. The standard InChI is InChI=1S/C28H27N5OS/c1-20-25(21(2)33(30-20)23-11-5-4-6-12-23)18-31(3)28(34)24-13-7-8-14-26(24)35-19-22-17-32-16-10-9-15-27(32)29-22/h4-17H,18-19H2,1-3H3. The zero-order chi connectivity index (χ0) is 24.4. The molecule has 3 aromatic heterocycles. The number of nitrogens with zero attached hydrogens (tertiary/aromatic N) is 5. The van der Waals surface area contributed by atoms with Gasteiger partial charge in [0.2, 0.25) is 0 Å². The van der Waals surface area contributed by atoms with Crippen LogP contribution < -0.4 is 0 Å². The zero-order valence-electron chi connectivity index (χ0n) is 20.0. The van der Waals surface area contributed by atoms with Crippen molar-refractivity contribution in [1.82, 2.24) is 24.1 Å². The van der Waals surface area contributed by atoms with E-state index < -0.39 is 0 Å². The molecule has 0 aliphatic rings. The fourth-order valence-corrected chi connectivity index (χ4v) is 5.14. The average molecular weight is 482 g/mol. The van der Waals surface area contributed by atoms with Crippen molar-refractivity contribution in [3.8, 4) is 5.69 Å². The van der Waals surface area contributed by atoms with Gasteiger partial charge >= 0.3 is 0 Å². The number of aryl methyl sites for hydroxylation is 1. The fraction of sp³-hybridized carbons (Fsp3) is 0.179. The van der Waals surface area contributed by atoms with Gasteiger partial charge in [0.05, 0.1) is 22.6 Å². The number of hydrogen-bond acceptors (Lipinski definition) is 4. The Morgan fingerprint density at radius 3 is 2.51 bits per heavy atom. The minimum absolute atomic E-state index is 0.00522. The van der Waals surface area contributed by atoms with E-state index in [1.54, 1.807) is 16.7 Å². The molecule has 176 valence electrons. The summed E-state index contributed by atoms with van der Waals surface area (Å²) in [5, 5.41) is 4.73. The van der Waals surface area contributed by atoms with Gasteiger partial charge in [-0.05, 0) is 50.2 Å². The highest BCUT2D eigenvalue weighted by atomic mass is 32.2. The van der Waals surface area contributed by atoms with Gasteiger partial charge in [0.25, 0.3) is 5.91 Å². The highest BCUT2D eigenvalue weighted by molar-refractivity contribution is 7.98. The van der Waals surface area contributed by atoms with Crippen molar-refractivity contribution in [2.24, 2.45) is 0 Å². The number of aromatic nitrogens is 4. The third kappa shape index (κ3) is 4.72. The van der Waals surface area contributed by atoms with Crippen LogP contribution in [0.25, 0.3) is 11.3 Å². The van der Waals surface area contributed by atoms with Gasteiger partial charge in [0, 0.05) is 47.9 Å². The second-order valence-electron chi connectivity index (χ2n) is 8.54. The molecular formula is C28H27N5OS. The first kappa shape index (κ1) is 22.9. The summed E-state index contributed by atoms with van der Waals surface area (Å²) in [5.74, 6) is 0.687. The first-order valence-electron chi connectivity index (χ1n) is 11.5. The maximum absolute atomic E-state index is 13.5. The monoisotopic (exact) mass is 481 g/mol. The van der Waals surface area contributed by atoms with Crippen LogP contribution >= 0.6 is 11.8 Å². The van der Waals surface area contributed by atoms with Gasteiger partial charge in [-0.2, -0.15) is 5.10 Å². The number of imidazole rings is 1. The molecular weight excluding hydrogens is 454 g/mol. The lowest BCUT2D eigenvalue weighted by Gasteiger charge is -2.19. The Balaban J connectivity index is 1.33. The number of fused-ring (bicyclic) bond motifs is 1. The molecule has 2 aromatic carbocycles. The third-order valence-electron chi connectivity index (χ3n) is 6.09. The van der Waals surface area contributed by atoms with Gasteiger partial charge in [-0.15, -0.1) is 11.8 Å². The Kier molecular flexibility index (Phi) is 6.42. The second-order valence-corrected chi connectivity index (χ2v) is 9.56. The van der Waals surface area contributed by atoms with Gasteiger partial charge < -0.3 is 9.30 Å². The van der Waals surface area contributed by atoms with E-state index in [-0.39, 0.29) is 5.91 Å². The summed E-state index contributed by atoms with van der Waals surface area (Å²) < 4.78 is 3.96. The highest BCUT2D eigenvalue weighted by Crippen LogP contribution is 2.28. The van der Waals surface area contributed by atoms with Crippen LogP contribution in [0, 0.1) is 13.8 Å². The van der Waals surface area contributed by atoms with Crippen LogP contribution in [0.15, 0.2) is 90.1 Å². The number of hydrogen-bond donors (Lipinski definition) is 0. The molecule has 3 heterocycles. The zero-order valence-corrected chi connectivity index (χ0v) is 20.9. The molecule has 0 unspecified atom stereocenters. The molecule has 0 radical (unpaired) electrons.